The van der Waals surface area contributed by atoms with E-state index in [2.05, 4.69) is 14.9 Å². The molecule has 1 aliphatic heterocycles. The number of nitrogens with two attached hydrogens (primary N) is 1. The summed E-state index contributed by atoms with van der Waals surface area (Å²) in [6.07, 6.45) is 0.922. The molecule has 0 radical (unpaired) electrons. The van der Waals surface area contributed by atoms with Gasteiger partial charge in [-0.1, -0.05) is 30.3 Å². The molecule has 6 heteroatoms. The molecular weight excluding hydrogens is 327 g/mol. The van der Waals surface area contributed by atoms with Crippen molar-refractivity contribution in [3.8, 4) is 11.3 Å². The molecule has 124 valence electrons. The van der Waals surface area contributed by atoms with Crippen LogP contribution in [0.4, 0.5) is 10.3 Å². The number of aromatic nitrogens is 2. The van der Waals surface area contributed by atoms with Gasteiger partial charge in [0.1, 0.15) is 5.82 Å². The molecule has 1 aromatic heterocycles. The number of para-hydroxylation sites is 1. The number of hydrogen-bond donors (Lipinski definition) is 1. The molecule has 2 N–H and O–H groups in total. The summed E-state index contributed by atoms with van der Waals surface area (Å²) in [7, 11) is 0. The quantitative estimate of drug-likeness (QED) is 0.774. The molecule has 1 saturated heterocycles. The van der Waals surface area contributed by atoms with Crippen LogP contribution in [0.1, 0.15) is 6.42 Å². The lowest BCUT2D eigenvalue weighted by atomic mass is 10.1. The zero-order chi connectivity index (χ0) is 15.8. The predicted molar refractivity (Wildman–Crippen MR) is 97.0 cm³/mol. The Kier molecular flexibility index (Phi) is 4.64. The van der Waals surface area contributed by atoms with Crippen LogP contribution in [-0.2, 0) is 0 Å². The molecule has 0 saturated carbocycles. The summed E-state index contributed by atoms with van der Waals surface area (Å²) in [5.74, 6) is 0.343. The van der Waals surface area contributed by atoms with Crippen molar-refractivity contribution in [1.82, 2.24) is 9.97 Å². The summed E-state index contributed by atoms with van der Waals surface area (Å²) >= 11 is 0. The van der Waals surface area contributed by atoms with E-state index < -0.39 is 0 Å². The fourth-order valence-corrected chi connectivity index (χ4v) is 3.03. The van der Waals surface area contributed by atoms with Gasteiger partial charge < -0.3 is 10.6 Å². The maximum atomic E-state index is 14.3. The van der Waals surface area contributed by atoms with E-state index in [-0.39, 0.29) is 24.3 Å². The van der Waals surface area contributed by atoms with Gasteiger partial charge in [-0.2, -0.15) is 0 Å². The van der Waals surface area contributed by atoms with Gasteiger partial charge in [-0.15, -0.1) is 12.4 Å². The molecule has 1 aliphatic rings. The monoisotopic (exact) mass is 344 g/mol. The summed E-state index contributed by atoms with van der Waals surface area (Å²) in [5.41, 5.74) is 7.93. The van der Waals surface area contributed by atoms with Crippen LogP contribution in [-0.4, -0.2) is 29.1 Å². The highest BCUT2D eigenvalue weighted by Gasteiger charge is 2.23. The maximum absolute atomic E-state index is 14.3. The van der Waals surface area contributed by atoms with Gasteiger partial charge in [-0.3, -0.25) is 0 Å². The lowest BCUT2D eigenvalue weighted by molar-refractivity contribution is 0.631. The van der Waals surface area contributed by atoms with E-state index in [9.17, 15) is 4.39 Å². The largest absolute Gasteiger partial charge is 0.339 e. The molecule has 0 spiro atoms. The fourth-order valence-electron chi connectivity index (χ4n) is 3.03. The van der Waals surface area contributed by atoms with Crippen molar-refractivity contribution in [1.29, 1.82) is 0 Å². The fraction of sp³-hybridized carbons (Fsp3) is 0.222. The minimum Gasteiger partial charge on any atom is -0.339 e. The van der Waals surface area contributed by atoms with Gasteiger partial charge in [-0.25, -0.2) is 14.4 Å². The van der Waals surface area contributed by atoms with Crippen molar-refractivity contribution >= 4 is 29.3 Å². The van der Waals surface area contributed by atoms with Crippen molar-refractivity contribution in [2.24, 2.45) is 5.73 Å². The summed E-state index contributed by atoms with van der Waals surface area (Å²) in [6, 6.07) is 14.6. The number of fused-ring (bicyclic) bond motifs is 1. The molecule has 4 rings (SSSR count). The molecule has 1 fully saturated rings. The Morgan fingerprint density at radius 3 is 2.54 bits per heavy atom. The number of halogens is 2. The Hall–Kier alpha value is -2.24. The number of anilines is 1. The van der Waals surface area contributed by atoms with E-state index in [1.165, 1.54) is 6.07 Å². The second kappa shape index (κ2) is 6.71. The van der Waals surface area contributed by atoms with Gasteiger partial charge in [0.05, 0.1) is 11.2 Å². The second-order valence-corrected chi connectivity index (χ2v) is 5.86. The van der Waals surface area contributed by atoms with Crippen molar-refractivity contribution in [2.75, 3.05) is 18.0 Å². The first kappa shape index (κ1) is 16.6. The van der Waals surface area contributed by atoms with Crippen molar-refractivity contribution in [3.05, 3.63) is 54.3 Å². The summed E-state index contributed by atoms with van der Waals surface area (Å²) in [6.45, 7) is 1.56. The Balaban J connectivity index is 0.00000169. The van der Waals surface area contributed by atoms with Crippen LogP contribution in [0, 0.1) is 5.82 Å². The van der Waals surface area contributed by atoms with Gasteiger partial charge >= 0.3 is 0 Å². The zero-order valence-electron chi connectivity index (χ0n) is 13.0. The number of nitrogens with zero attached hydrogens (tertiary/aromatic N) is 3. The molecule has 2 aromatic carbocycles. The van der Waals surface area contributed by atoms with Gasteiger partial charge in [0.2, 0.25) is 5.95 Å². The van der Waals surface area contributed by atoms with Gasteiger partial charge in [0.25, 0.3) is 0 Å². The van der Waals surface area contributed by atoms with Crippen LogP contribution >= 0.6 is 12.4 Å². The SMILES string of the molecule is Cl.N[C@H]1CCN(c2nc(-c3ccccc3F)c3ccccc3n2)C1. The van der Waals surface area contributed by atoms with Crippen LogP contribution in [0.2, 0.25) is 0 Å². The third kappa shape index (κ3) is 2.92. The lowest BCUT2D eigenvalue weighted by Crippen LogP contribution is -2.27. The zero-order valence-corrected chi connectivity index (χ0v) is 13.8. The Bertz CT molecular complexity index is 871. The third-order valence-electron chi connectivity index (χ3n) is 4.23. The molecule has 4 nitrogen and oxygen atoms in total. The highest BCUT2D eigenvalue weighted by atomic mass is 35.5. The molecule has 0 bridgehead atoms. The first-order chi connectivity index (χ1) is 11.2. The maximum Gasteiger partial charge on any atom is 0.226 e. The molecular formula is C18H18ClFN4. The van der Waals surface area contributed by atoms with Crippen LogP contribution in [0.3, 0.4) is 0 Å². The van der Waals surface area contributed by atoms with E-state index in [0.717, 1.165) is 30.4 Å². The molecule has 1 atom stereocenters. The van der Waals surface area contributed by atoms with Crippen LogP contribution in [0.25, 0.3) is 22.2 Å². The van der Waals surface area contributed by atoms with E-state index in [1.807, 2.05) is 30.3 Å². The number of hydrogen-bond acceptors (Lipinski definition) is 4. The van der Waals surface area contributed by atoms with Gasteiger partial charge in [0.15, 0.2) is 0 Å². The first-order valence-electron chi connectivity index (χ1n) is 7.74. The van der Waals surface area contributed by atoms with Gasteiger partial charge in [0, 0.05) is 30.1 Å². The smallest absolute Gasteiger partial charge is 0.226 e. The van der Waals surface area contributed by atoms with Crippen LogP contribution < -0.4 is 10.6 Å². The van der Waals surface area contributed by atoms with E-state index in [4.69, 9.17) is 5.73 Å². The van der Waals surface area contributed by atoms with Gasteiger partial charge in [-0.05, 0) is 24.6 Å². The highest BCUT2D eigenvalue weighted by Crippen LogP contribution is 2.30. The van der Waals surface area contributed by atoms with Crippen molar-refractivity contribution in [2.45, 2.75) is 12.5 Å². The van der Waals surface area contributed by atoms with E-state index in [1.54, 1.807) is 12.1 Å². The topological polar surface area (TPSA) is 55.0 Å². The minimum atomic E-state index is -0.277. The molecule has 0 amide bonds. The normalized spacial score (nSPS) is 17.1. The molecule has 2 heterocycles. The lowest BCUT2D eigenvalue weighted by Gasteiger charge is -2.18. The molecule has 0 aliphatic carbocycles. The number of benzene rings is 2. The average Bonchev–Trinajstić information content (AvgIpc) is 3.01. The van der Waals surface area contributed by atoms with E-state index in [0.29, 0.717) is 17.2 Å². The Labute approximate surface area is 145 Å². The summed E-state index contributed by atoms with van der Waals surface area (Å²) in [4.78, 5) is 11.4. The highest BCUT2D eigenvalue weighted by molar-refractivity contribution is 5.93. The number of rotatable bonds is 2. The third-order valence-corrected chi connectivity index (χ3v) is 4.23. The minimum absolute atomic E-state index is 0. The predicted octanol–water partition coefficient (Wildman–Crippen LogP) is 3.40. The second-order valence-electron chi connectivity index (χ2n) is 5.86. The van der Waals surface area contributed by atoms with Crippen molar-refractivity contribution in [3.63, 3.8) is 0 Å². The average molecular weight is 345 g/mol. The first-order valence-corrected chi connectivity index (χ1v) is 7.74. The Morgan fingerprint density at radius 1 is 1.04 bits per heavy atom. The van der Waals surface area contributed by atoms with Crippen LogP contribution in [0.5, 0.6) is 0 Å². The summed E-state index contributed by atoms with van der Waals surface area (Å²) < 4.78 is 14.3. The Morgan fingerprint density at radius 2 is 1.79 bits per heavy atom. The van der Waals surface area contributed by atoms with Crippen molar-refractivity contribution < 1.29 is 4.39 Å². The summed E-state index contributed by atoms with van der Waals surface area (Å²) in [5, 5.41) is 0.852. The standard InChI is InChI=1S/C18H17FN4.ClH/c19-15-7-3-1-5-13(15)17-14-6-2-4-8-16(14)21-18(22-17)23-10-9-12(20)11-23;/h1-8,12H,9-11,20H2;1H/t12-;/m0./s1. The van der Waals surface area contributed by atoms with Crippen LogP contribution in [0.15, 0.2) is 48.5 Å². The molecule has 3 aromatic rings. The molecule has 24 heavy (non-hydrogen) atoms. The van der Waals surface area contributed by atoms with E-state index >= 15 is 0 Å². The molecule has 0 unspecified atom stereocenters.